The molecule has 1 heterocycles. The zero-order valence-electron chi connectivity index (χ0n) is 9.16. The van der Waals surface area contributed by atoms with Gasteiger partial charge in [0.05, 0.1) is 5.52 Å². The predicted molar refractivity (Wildman–Crippen MR) is 61.4 cm³/mol. The van der Waals surface area contributed by atoms with E-state index in [-0.39, 0.29) is 11.7 Å². The third-order valence-corrected chi connectivity index (χ3v) is 2.33. The first kappa shape index (κ1) is 10.8. The molecule has 0 saturated heterocycles. The number of hydrazine groups is 1. The highest BCUT2D eigenvalue weighted by Gasteiger charge is 2.10. The van der Waals surface area contributed by atoms with Crippen LogP contribution in [0.1, 0.15) is 25.6 Å². The lowest BCUT2D eigenvalue weighted by atomic mass is 10.1. The lowest BCUT2D eigenvalue weighted by Crippen LogP contribution is -2.11. The number of nitrogens with one attached hydrogen (secondary N) is 1. The second-order valence-corrected chi connectivity index (χ2v) is 3.89. The zero-order valence-corrected chi connectivity index (χ0v) is 9.16. The number of hydrogen-bond acceptors (Lipinski definition) is 4. The number of nitrogens with zero attached hydrogens (tertiary/aromatic N) is 2. The van der Waals surface area contributed by atoms with E-state index in [2.05, 4.69) is 15.4 Å². The number of aromatic nitrogens is 2. The lowest BCUT2D eigenvalue weighted by molar-refractivity contribution is 0.629. The zero-order chi connectivity index (χ0) is 11.7. The number of halogens is 1. The molecule has 0 saturated carbocycles. The summed E-state index contributed by atoms with van der Waals surface area (Å²) in [7, 11) is 0. The molecule has 0 amide bonds. The number of hydrogen-bond donors (Lipinski definition) is 2. The maximum absolute atomic E-state index is 13.1. The maximum Gasteiger partial charge on any atom is 0.151 e. The molecule has 0 fully saturated rings. The van der Waals surface area contributed by atoms with E-state index in [1.54, 1.807) is 6.07 Å². The molecule has 0 aliphatic heterocycles. The van der Waals surface area contributed by atoms with Gasteiger partial charge in [-0.1, -0.05) is 13.8 Å². The Balaban J connectivity index is 2.73. The lowest BCUT2D eigenvalue weighted by Gasteiger charge is -2.09. The van der Waals surface area contributed by atoms with Crippen molar-refractivity contribution in [1.29, 1.82) is 0 Å². The van der Waals surface area contributed by atoms with Crippen LogP contribution in [-0.4, -0.2) is 9.97 Å². The summed E-state index contributed by atoms with van der Waals surface area (Å²) in [5.74, 6) is 6.38. The van der Waals surface area contributed by atoms with Gasteiger partial charge in [0.25, 0.3) is 0 Å². The average molecular weight is 220 g/mol. The van der Waals surface area contributed by atoms with E-state index in [0.29, 0.717) is 22.5 Å². The van der Waals surface area contributed by atoms with Crippen LogP contribution < -0.4 is 11.3 Å². The molecule has 0 atom stereocenters. The summed E-state index contributed by atoms with van der Waals surface area (Å²) in [6, 6.07) is 4.37. The minimum Gasteiger partial charge on any atom is -0.308 e. The van der Waals surface area contributed by atoms with Crippen molar-refractivity contribution in [2.75, 3.05) is 5.43 Å². The summed E-state index contributed by atoms with van der Waals surface area (Å²) in [5, 5.41) is 0.590. The average Bonchev–Trinajstić information content (AvgIpc) is 2.27. The topological polar surface area (TPSA) is 63.8 Å². The van der Waals surface area contributed by atoms with Crippen LogP contribution in [0.4, 0.5) is 10.2 Å². The Morgan fingerprint density at radius 1 is 1.31 bits per heavy atom. The van der Waals surface area contributed by atoms with Crippen molar-refractivity contribution in [2.45, 2.75) is 19.8 Å². The number of benzene rings is 1. The first-order chi connectivity index (χ1) is 7.61. The molecule has 0 aliphatic carbocycles. The SMILES string of the molecule is CC(C)c1nc(NN)c2cc(F)ccc2n1. The van der Waals surface area contributed by atoms with E-state index in [9.17, 15) is 4.39 Å². The summed E-state index contributed by atoms with van der Waals surface area (Å²) >= 11 is 0. The van der Waals surface area contributed by atoms with Crippen LogP contribution in [0.25, 0.3) is 10.9 Å². The Morgan fingerprint density at radius 2 is 2.06 bits per heavy atom. The van der Waals surface area contributed by atoms with Crippen molar-refractivity contribution in [1.82, 2.24) is 9.97 Å². The highest BCUT2D eigenvalue weighted by molar-refractivity contribution is 5.88. The largest absolute Gasteiger partial charge is 0.308 e. The van der Waals surface area contributed by atoms with Gasteiger partial charge in [-0.3, -0.25) is 0 Å². The molecular formula is C11H13FN4. The van der Waals surface area contributed by atoms with Crippen LogP contribution in [0.2, 0.25) is 0 Å². The second kappa shape index (κ2) is 4.02. The Labute approximate surface area is 92.7 Å². The Morgan fingerprint density at radius 3 is 2.69 bits per heavy atom. The Hall–Kier alpha value is -1.75. The third-order valence-electron chi connectivity index (χ3n) is 2.33. The molecule has 3 N–H and O–H groups in total. The van der Waals surface area contributed by atoms with Gasteiger partial charge in [0.2, 0.25) is 0 Å². The van der Waals surface area contributed by atoms with Crippen molar-refractivity contribution in [3.05, 3.63) is 29.8 Å². The highest BCUT2D eigenvalue weighted by Crippen LogP contribution is 2.23. The van der Waals surface area contributed by atoms with Crippen molar-refractivity contribution in [3.8, 4) is 0 Å². The van der Waals surface area contributed by atoms with Crippen LogP contribution in [0, 0.1) is 5.82 Å². The van der Waals surface area contributed by atoms with Gasteiger partial charge in [-0.05, 0) is 18.2 Å². The predicted octanol–water partition coefficient (Wildman–Crippen LogP) is 2.18. The van der Waals surface area contributed by atoms with Gasteiger partial charge in [0.15, 0.2) is 5.82 Å². The first-order valence-corrected chi connectivity index (χ1v) is 5.05. The van der Waals surface area contributed by atoms with Gasteiger partial charge in [-0.15, -0.1) is 0 Å². The van der Waals surface area contributed by atoms with Gasteiger partial charge >= 0.3 is 0 Å². The van der Waals surface area contributed by atoms with Crippen LogP contribution >= 0.6 is 0 Å². The van der Waals surface area contributed by atoms with Gasteiger partial charge < -0.3 is 5.43 Å². The number of fused-ring (bicyclic) bond motifs is 1. The van der Waals surface area contributed by atoms with Gasteiger partial charge in [0, 0.05) is 11.3 Å². The van der Waals surface area contributed by atoms with Crippen molar-refractivity contribution >= 4 is 16.7 Å². The molecule has 16 heavy (non-hydrogen) atoms. The van der Waals surface area contributed by atoms with E-state index in [0.717, 1.165) is 0 Å². The summed E-state index contributed by atoms with van der Waals surface area (Å²) < 4.78 is 13.1. The van der Waals surface area contributed by atoms with Gasteiger partial charge in [0.1, 0.15) is 11.6 Å². The highest BCUT2D eigenvalue weighted by atomic mass is 19.1. The van der Waals surface area contributed by atoms with Crippen molar-refractivity contribution in [3.63, 3.8) is 0 Å². The molecule has 0 radical (unpaired) electrons. The fourth-order valence-electron chi connectivity index (χ4n) is 1.49. The number of nitrogen functional groups attached to an aromatic ring is 1. The Bertz CT molecular complexity index is 525. The maximum atomic E-state index is 13.1. The fourth-order valence-corrected chi connectivity index (χ4v) is 1.49. The summed E-state index contributed by atoms with van der Waals surface area (Å²) in [6.45, 7) is 3.98. The Kier molecular flexibility index (Phi) is 2.70. The molecule has 1 aromatic heterocycles. The van der Waals surface area contributed by atoms with E-state index in [1.807, 2.05) is 13.8 Å². The van der Waals surface area contributed by atoms with E-state index in [4.69, 9.17) is 5.84 Å². The molecule has 2 rings (SSSR count). The molecule has 1 aromatic carbocycles. The van der Waals surface area contributed by atoms with Crippen molar-refractivity contribution in [2.24, 2.45) is 5.84 Å². The number of nitrogens with two attached hydrogens (primary N) is 1. The first-order valence-electron chi connectivity index (χ1n) is 5.05. The molecule has 0 bridgehead atoms. The summed E-state index contributed by atoms with van der Waals surface area (Å²) in [5.41, 5.74) is 3.16. The van der Waals surface area contributed by atoms with E-state index >= 15 is 0 Å². The molecule has 0 aliphatic rings. The number of rotatable bonds is 2. The normalized spacial score (nSPS) is 11.1. The molecule has 0 spiro atoms. The summed E-state index contributed by atoms with van der Waals surface area (Å²) in [6.07, 6.45) is 0. The van der Waals surface area contributed by atoms with Crippen LogP contribution in [-0.2, 0) is 0 Å². The molecule has 5 heteroatoms. The van der Waals surface area contributed by atoms with Gasteiger partial charge in [-0.2, -0.15) is 0 Å². The standard InChI is InChI=1S/C11H13FN4/c1-6(2)10-14-9-4-3-7(12)5-8(9)11(15-10)16-13/h3-6H,13H2,1-2H3,(H,14,15,16). The third kappa shape index (κ3) is 1.81. The van der Waals surface area contributed by atoms with Gasteiger partial charge in [-0.25, -0.2) is 20.2 Å². The number of anilines is 1. The molecule has 84 valence electrons. The molecule has 0 unspecified atom stereocenters. The van der Waals surface area contributed by atoms with Crippen molar-refractivity contribution < 1.29 is 4.39 Å². The smallest absolute Gasteiger partial charge is 0.151 e. The molecule has 2 aromatic rings. The van der Waals surface area contributed by atoms with Crippen LogP contribution in [0.5, 0.6) is 0 Å². The molecule has 4 nitrogen and oxygen atoms in total. The monoisotopic (exact) mass is 220 g/mol. The van der Waals surface area contributed by atoms with Crippen LogP contribution in [0.15, 0.2) is 18.2 Å². The molecular weight excluding hydrogens is 207 g/mol. The minimum absolute atomic E-state index is 0.196. The van der Waals surface area contributed by atoms with E-state index < -0.39 is 0 Å². The summed E-state index contributed by atoms with van der Waals surface area (Å²) in [4.78, 5) is 8.60. The fraction of sp³-hybridized carbons (Fsp3) is 0.273. The minimum atomic E-state index is -0.329. The van der Waals surface area contributed by atoms with E-state index in [1.165, 1.54) is 12.1 Å². The second-order valence-electron chi connectivity index (χ2n) is 3.89. The van der Waals surface area contributed by atoms with Crippen LogP contribution in [0.3, 0.4) is 0 Å². The quantitative estimate of drug-likeness (QED) is 0.601.